The molecule has 8 N–H and O–H groups in total. The standard InChI is InChI=1S/C21H33BN6O5/c1-14(29)26-16(13-15-7-3-2-4-8-15)19(30)27-20(31)17-9-6-12-28(17)18(22(32)33)10-5-11-25-21(23)24/h2-4,7-8,16-18,32-33H,5-6,9-13H2,1H3,(H,26,29)(H4,23,24,25)(H,27,30,31)/t16-,17+,18?/m1/s1. The minimum absolute atomic E-state index is 0.0442. The number of nitrogens with two attached hydrogens (primary N) is 2. The Morgan fingerprint density at radius 3 is 2.55 bits per heavy atom. The van der Waals surface area contributed by atoms with Crippen LogP contribution in [0.4, 0.5) is 0 Å². The molecule has 0 radical (unpaired) electrons. The third kappa shape index (κ3) is 8.48. The maximum absolute atomic E-state index is 13.0. The highest BCUT2D eigenvalue weighted by molar-refractivity contribution is 6.43. The van der Waals surface area contributed by atoms with Gasteiger partial charge in [0, 0.05) is 25.8 Å². The molecule has 12 heteroatoms. The summed E-state index contributed by atoms with van der Waals surface area (Å²) >= 11 is 0. The largest absolute Gasteiger partial charge is 0.469 e. The van der Waals surface area contributed by atoms with Gasteiger partial charge in [-0.1, -0.05) is 30.3 Å². The van der Waals surface area contributed by atoms with E-state index < -0.39 is 37.0 Å². The van der Waals surface area contributed by atoms with Gasteiger partial charge in [-0.3, -0.25) is 29.6 Å². The highest BCUT2D eigenvalue weighted by atomic mass is 16.4. The second-order valence-electron chi connectivity index (χ2n) is 8.12. The summed E-state index contributed by atoms with van der Waals surface area (Å²) in [6, 6.07) is 7.55. The van der Waals surface area contributed by atoms with E-state index in [9.17, 15) is 24.4 Å². The van der Waals surface area contributed by atoms with Gasteiger partial charge in [0.05, 0.1) is 6.04 Å². The molecule has 0 spiro atoms. The molecule has 0 saturated carbocycles. The van der Waals surface area contributed by atoms with E-state index in [0.717, 1.165) is 5.56 Å². The summed E-state index contributed by atoms with van der Waals surface area (Å²) in [5, 5.41) is 24.8. The van der Waals surface area contributed by atoms with Crippen molar-refractivity contribution in [2.75, 3.05) is 13.1 Å². The van der Waals surface area contributed by atoms with Crippen molar-refractivity contribution in [2.45, 2.75) is 57.1 Å². The van der Waals surface area contributed by atoms with Gasteiger partial charge in [0.1, 0.15) is 6.04 Å². The van der Waals surface area contributed by atoms with E-state index in [1.807, 2.05) is 30.3 Å². The second kappa shape index (κ2) is 12.9. The highest BCUT2D eigenvalue weighted by Crippen LogP contribution is 2.23. The van der Waals surface area contributed by atoms with Crippen LogP contribution in [0, 0.1) is 0 Å². The Bertz CT molecular complexity index is 834. The molecule has 1 aromatic rings. The molecule has 0 aliphatic carbocycles. The molecular formula is C21H33BN6O5. The number of aliphatic imine (C=N–C) groups is 1. The van der Waals surface area contributed by atoms with E-state index in [-0.39, 0.29) is 18.3 Å². The topological polar surface area (TPSA) is 183 Å². The number of imide groups is 1. The maximum atomic E-state index is 13.0. The maximum Gasteiger partial charge on any atom is 0.469 e. The lowest BCUT2D eigenvalue weighted by molar-refractivity contribution is -0.136. The Morgan fingerprint density at radius 1 is 1.24 bits per heavy atom. The van der Waals surface area contributed by atoms with Crippen LogP contribution in [-0.2, 0) is 20.8 Å². The van der Waals surface area contributed by atoms with Crippen molar-refractivity contribution >= 4 is 30.8 Å². The van der Waals surface area contributed by atoms with Crippen LogP contribution in [0.15, 0.2) is 35.3 Å². The molecule has 0 bridgehead atoms. The molecule has 1 aliphatic heterocycles. The molecule has 1 aliphatic rings. The van der Waals surface area contributed by atoms with E-state index in [4.69, 9.17) is 11.5 Å². The SMILES string of the molecule is CC(=O)N[C@H](Cc1ccccc1)C(=O)NC(=O)[C@@H]1CCCN1C(CCCN=C(N)N)B(O)O. The fourth-order valence-corrected chi connectivity index (χ4v) is 4.06. The Labute approximate surface area is 193 Å². The number of nitrogens with zero attached hydrogens (tertiary/aromatic N) is 2. The lowest BCUT2D eigenvalue weighted by Crippen LogP contribution is -2.56. The number of hydrogen-bond acceptors (Lipinski definition) is 7. The van der Waals surface area contributed by atoms with Crippen LogP contribution < -0.4 is 22.1 Å². The Hall–Kier alpha value is -2.96. The fraction of sp³-hybridized carbons (Fsp3) is 0.524. The molecular weight excluding hydrogens is 427 g/mol. The summed E-state index contributed by atoms with van der Waals surface area (Å²) in [4.78, 5) is 43.0. The Balaban J connectivity index is 2.04. The predicted octanol–water partition coefficient (Wildman–Crippen LogP) is -1.72. The first-order valence-electron chi connectivity index (χ1n) is 11.0. The van der Waals surface area contributed by atoms with Gasteiger partial charge in [0.2, 0.25) is 17.7 Å². The van der Waals surface area contributed by atoms with Crippen LogP contribution in [0.5, 0.6) is 0 Å². The minimum Gasteiger partial charge on any atom is -0.426 e. The predicted molar refractivity (Wildman–Crippen MR) is 125 cm³/mol. The second-order valence-corrected chi connectivity index (χ2v) is 8.12. The van der Waals surface area contributed by atoms with Crippen molar-refractivity contribution in [2.24, 2.45) is 16.5 Å². The van der Waals surface area contributed by atoms with Gasteiger partial charge in [-0.25, -0.2) is 0 Å². The number of benzene rings is 1. The van der Waals surface area contributed by atoms with E-state index in [2.05, 4.69) is 15.6 Å². The molecule has 1 unspecified atom stereocenters. The van der Waals surface area contributed by atoms with Crippen molar-refractivity contribution < 1.29 is 24.4 Å². The van der Waals surface area contributed by atoms with Crippen LogP contribution >= 0.6 is 0 Å². The van der Waals surface area contributed by atoms with Gasteiger partial charge < -0.3 is 26.8 Å². The molecule has 0 aromatic heterocycles. The number of guanidine groups is 1. The van der Waals surface area contributed by atoms with Gasteiger partial charge in [-0.15, -0.1) is 0 Å². The zero-order valence-corrected chi connectivity index (χ0v) is 18.8. The molecule has 3 amide bonds. The Morgan fingerprint density at radius 2 is 1.94 bits per heavy atom. The first-order chi connectivity index (χ1) is 15.7. The van der Waals surface area contributed by atoms with Crippen LogP contribution in [-0.4, -0.2) is 76.9 Å². The fourth-order valence-electron chi connectivity index (χ4n) is 4.06. The molecule has 3 atom stereocenters. The van der Waals surface area contributed by atoms with Crippen LogP contribution in [0.25, 0.3) is 0 Å². The number of likely N-dealkylation sites (tertiary alicyclic amines) is 1. The van der Waals surface area contributed by atoms with Crippen molar-refractivity contribution in [3.63, 3.8) is 0 Å². The molecule has 180 valence electrons. The van der Waals surface area contributed by atoms with Gasteiger partial charge in [-0.05, 0) is 37.8 Å². The van der Waals surface area contributed by atoms with Crippen LogP contribution in [0.2, 0.25) is 0 Å². The number of hydrogen-bond donors (Lipinski definition) is 6. The summed E-state index contributed by atoms with van der Waals surface area (Å²) in [5.41, 5.74) is 11.5. The average molecular weight is 460 g/mol. The third-order valence-corrected chi connectivity index (χ3v) is 5.54. The molecule has 1 aromatic carbocycles. The zero-order chi connectivity index (χ0) is 24.4. The Kier molecular flexibility index (Phi) is 10.3. The van der Waals surface area contributed by atoms with Gasteiger partial charge in [-0.2, -0.15) is 0 Å². The lowest BCUT2D eigenvalue weighted by atomic mass is 9.75. The van der Waals surface area contributed by atoms with Gasteiger partial charge >= 0.3 is 7.12 Å². The molecule has 1 fully saturated rings. The summed E-state index contributed by atoms with van der Waals surface area (Å²) in [5.74, 6) is -2.28. The summed E-state index contributed by atoms with van der Waals surface area (Å²) in [6.45, 7) is 2.12. The van der Waals surface area contributed by atoms with Crippen LogP contribution in [0.1, 0.15) is 38.2 Å². The van der Waals surface area contributed by atoms with E-state index in [1.54, 1.807) is 4.90 Å². The summed E-state index contributed by atoms with van der Waals surface area (Å²) in [6.07, 6.45) is 2.22. The number of amides is 3. The summed E-state index contributed by atoms with van der Waals surface area (Å²) < 4.78 is 0. The average Bonchev–Trinajstić information content (AvgIpc) is 3.22. The minimum atomic E-state index is -1.67. The van der Waals surface area contributed by atoms with Crippen molar-refractivity contribution in [3.05, 3.63) is 35.9 Å². The molecule has 2 rings (SSSR count). The molecule has 33 heavy (non-hydrogen) atoms. The molecule has 1 saturated heterocycles. The smallest absolute Gasteiger partial charge is 0.426 e. The van der Waals surface area contributed by atoms with E-state index in [1.165, 1.54) is 6.92 Å². The van der Waals surface area contributed by atoms with E-state index in [0.29, 0.717) is 38.8 Å². The number of rotatable bonds is 11. The zero-order valence-electron chi connectivity index (χ0n) is 18.8. The van der Waals surface area contributed by atoms with Crippen molar-refractivity contribution in [1.29, 1.82) is 0 Å². The number of carbonyl (C=O) groups excluding carboxylic acids is 3. The van der Waals surface area contributed by atoms with Gasteiger partial charge in [0.15, 0.2) is 5.96 Å². The number of carbonyl (C=O) groups is 3. The first-order valence-corrected chi connectivity index (χ1v) is 11.0. The van der Waals surface area contributed by atoms with E-state index >= 15 is 0 Å². The first kappa shape index (κ1) is 26.3. The third-order valence-electron chi connectivity index (χ3n) is 5.54. The molecule has 11 nitrogen and oxygen atoms in total. The lowest BCUT2D eigenvalue weighted by Gasteiger charge is -2.32. The number of nitrogens with one attached hydrogen (secondary N) is 2. The quantitative estimate of drug-likeness (QED) is 0.0975. The van der Waals surface area contributed by atoms with Crippen molar-refractivity contribution in [3.8, 4) is 0 Å². The molecule has 1 heterocycles. The normalized spacial score (nSPS) is 17.6. The monoisotopic (exact) mass is 460 g/mol. The van der Waals surface area contributed by atoms with Gasteiger partial charge in [0.25, 0.3) is 0 Å². The summed E-state index contributed by atoms with van der Waals surface area (Å²) in [7, 11) is -1.67. The highest BCUT2D eigenvalue weighted by Gasteiger charge is 2.40. The van der Waals surface area contributed by atoms with Crippen LogP contribution in [0.3, 0.4) is 0 Å². The van der Waals surface area contributed by atoms with Crippen molar-refractivity contribution in [1.82, 2.24) is 15.5 Å².